The van der Waals surface area contributed by atoms with Gasteiger partial charge in [-0.1, -0.05) is 6.92 Å². The van der Waals surface area contributed by atoms with Crippen molar-refractivity contribution in [2.45, 2.75) is 26.3 Å². The number of rotatable bonds is 3. The lowest BCUT2D eigenvalue weighted by Crippen LogP contribution is -2.43. The first kappa shape index (κ1) is 12.3. The van der Waals surface area contributed by atoms with Gasteiger partial charge in [0.25, 0.3) is 0 Å². The molecular weight excluding hydrogens is 212 g/mol. The second kappa shape index (κ2) is 5.47. The number of nitrogens with two attached hydrogens (primary N) is 1. The number of pyridine rings is 1. The summed E-state index contributed by atoms with van der Waals surface area (Å²) in [5.41, 5.74) is 8.49. The lowest BCUT2D eigenvalue weighted by atomic mass is 10.0. The van der Waals surface area contributed by atoms with E-state index in [1.165, 1.54) is 11.1 Å². The first-order valence-corrected chi connectivity index (χ1v) is 6.40. The maximum absolute atomic E-state index is 6.06. The first-order valence-electron chi connectivity index (χ1n) is 6.40. The molecule has 1 fully saturated rings. The number of hydrogen-bond donors (Lipinski definition) is 2. The minimum absolute atomic E-state index is 0.111. The van der Waals surface area contributed by atoms with Crippen LogP contribution in [0.1, 0.15) is 30.5 Å². The predicted molar refractivity (Wildman–Crippen MR) is 71.3 cm³/mol. The van der Waals surface area contributed by atoms with Gasteiger partial charge in [0.1, 0.15) is 5.82 Å². The van der Waals surface area contributed by atoms with Gasteiger partial charge in [-0.15, -0.1) is 0 Å². The van der Waals surface area contributed by atoms with Crippen molar-refractivity contribution in [1.29, 1.82) is 0 Å². The smallest absolute Gasteiger partial charge is 0.128 e. The average Bonchev–Trinajstić information content (AvgIpc) is 2.39. The molecule has 4 heteroatoms. The lowest BCUT2D eigenvalue weighted by Gasteiger charge is -2.29. The lowest BCUT2D eigenvalue weighted by molar-refractivity contribution is 0.584. The summed E-state index contributed by atoms with van der Waals surface area (Å²) in [4.78, 5) is 6.87. The van der Waals surface area contributed by atoms with Crippen molar-refractivity contribution in [2.75, 3.05) is 31.1 Å². The van der Waals surface area contributed by atoms with E-state index in [1.54, 1.807) is 0 Å². The van der Waals surface area contributed by atoms with Gasteiger partial charge in [0.15, 0.2) is 0 Å². The van der Waals surface area contributed by atoms with Crippen LogP contribution in [0.2, 0.25) is 0 Å². The molecule has 1 aromatic heterocycles. The molecule has 1 aromatic rings. The topological polar surface area (TPSA) is 54.2 Å². The summed E-state index contributed by atoms with van der Waals surface area (Å²) in [6, 6.07) is 2.27. The molecule has 0 radical (unpaired) electrons. The van der Waals surface area contributed by atoms with E-state index in [9.17, 15) is 0 Å². The molecule has 1 saturated heterocycles. The van der Waals surface area contributed by atoms with Gasteiger partial charge >= 0.3 is 0 Å². The second-order valence-electron chi connectivity index (χ2n) is 4.65. The fraction of sp³-hybridized carbons (Fsp3) is 0.615. The van der Waals surface area contributed by atoms with Gasteiger partial charge in [-0.05, 0) is 30.5 Å². The Morgan fingerprint density at radius 2 is 2.18 bits per heavy atom. The van der Waals surface area contributed by atoms with E-state index in [-0.39, 0.29) is 6.04 Å². The Morgan fingerprint density at radius 1 is 1.47 bits per heavy atom. The SMILES string of the molecule is CCC(N)c1cnc(N2CCNCC2)cc1C. The third-order valence-electron chi connectivity index (χ3n) is 3.42. The Balaban J connectivity index is 2.17. The van der Waals surface area contributed by atoms with E-state index in [4.69, 9.17) is 5.73 Å². The van der Waals surface area contributed by atoms with Gasteiger partial charge in [0.05, 0.1) is 0 Å². The van der Waals surface area contributed by atoms with E-state index in [0.717, 1.165) is 38.4 Å². The molecule has 4 nitrogen and oxygen atoms in total. The fourth-order valence-corrected chi connectivity index (χ4v) is 2.23. The van der Waals surface area contributed by atoms with Gasteiger partial charge in [-0.2, -0.15) is 0 Å². The molecule has 0 spiro atoms. The summed E-state index contributed by atoms with van der Waals surface area (Å²) < 4.78 is 0. The number of nitrogens with zero attached hydrogens (tertiary/aromatic N) is 2. The summed E-state index contributed by atoms with van der Waals surface area (Å²) >= 11 is 0. The quantitative estimate of drug-likeness (QED) is 0.825. The standard InChI is InChI=1S/C13H22N4/c1-3-12(14)11-9-16-13(8-10(11)2)17-6-4-15-5-7-17/h8-9,12,15H,3-7,14H2,1-2H3. The molecule has 1 aliphatic rings. The Hall–Kier alpha value is -1.13. The van der Waals surface area contributed by atoms with Crippen LogP contribution >= 0.6 is 0 Å². The van der Waals surface area contributed by atoms with Crippen molar-refractivity contribution in [2.24, 2.45) is 5.73 Å². The van der Waals surface area contributed by atoms with Crippen LogP contribution < -0.4 is 16.0 Å². The van der Waals surface area contributed by atoms with E-state index in [0.29, 0.717) is 0 Å². The van der Waals surface area contributed by atoms with Gasteiger partial charge in [0, 0.05) is 38.4 Å². The zero-order chi connectivity index (χ0) is 12.3. The summed E-state index contributed by atoms with van der Waals surface area (Å²) in [6.07, 6.45) is 2.90. The van der Waals surface area contributed by atoms with Crippen molar-refractivity contribution in [3.63, 3.8) is 0 Å². The number of hydrogen-bond acceptors (Lipinski definition) is 4. The van der Waals surface area contributed by atoms with Crippen molar-refractivity contribution in [3.05, 3.63) is 23.4 Å². The minimum atomic E-state index is 0.111. The number of nitrogens with one attached hydrogen (secondary N) is 1. The maximum atomic E-state index is 6.06. The second-order valence-corrected chi connectivity index (χ2v) is 4.65. The van der Waals surface area contributed by atoms with E-state index < -0.39 is 0 Å². The van der Waals surface area contributed by atoms with Crippen molar-refractivity contribution >= 4 is 5.82 Å². The van der Waals surface area contributed by atoms with Gasteiger partial charge in [-0.3, -0.25) is 0 Å². The monoisotopic (exact) mass is 234 g/mol. The Labute approximate surface area is 103 Å². The minimum Gasteiger partial charge on any atom is -0.354 e. The van der Waals surface area contributed by atoms with Crippen LogP contribution in [0.15, 0.2) is 12.3 Å². The van der Waals surface area contributed by atoms with E-state index >= 15 is 0 Å². The van der Waals surface area contributed by atoms with Crippen LogP contribution in [0.3, 0.4) is 0 Å². The third-order valence-corrected chi connectivity index (χ3v) is 3.42. The Morgan fingerprint density at radius 3 is 2.76 bits per heavy atom. The largest absolute Gasteiger partial charge is 0.354 e. The van der Waals surface area contributed by atoms with Crippen LogP contribution in [0.25, 0.3) is 0 Å². The summed E-state index contributed by atoms with van der Waals surface area (Å²) in [7, 11) is 0. The number of anilines is 1. The highest BCUT2D eigenvalue weighted by Crippen LogP contribution is 2.21. The van der Waals surface area contributed by atoms with Crippen LogP contribution in [-0.2, 0) is 0 Å². The Kier molecular flexibility index (Phi) is 3.97. The molecule has 94 valence electrons. The zero-order valence-electron chi connectivity index (χ0n) is 10.7. The highest BCUT2D eigenvalue weighted by molar-refractivity contribution is 5.44. The van der Waals surface area contributed by atoms with Crippen LogP contribution in [-0.4, -0.2) is 31.2 Å². The van der Waals surface area contributed by atoms with Crippen molar-refractivity contribution in [3.8, 4) is 0 Å². The van der Waals surface area contributed by atoms with Crippen molar-refractivity contribution in [1.82, 2.24) is 10.3 Å². The predicted octanol–water partition coefficient (Wildman–Crippen LogP) is 1.21. The van der Waals surface area contributed by atoms with Crippen LogP contribution in [0, 0.1) is 6.92 Å². The molecule has 0 amide bonds. The average molecular weight is 234 g/mol. The highest BCUT2D eigenvalue weighted by atomic mass is 15.2. The van der Waals surface area contributed by atoms with Crippen molar-refractivity contribution < 1.29 is 0 Å². The molecule has 2 heterocycles. The number of aryl methyl sites for hydroxylation is 1. The van der Waals surface area contributed by atoms with Gasteiger partial charge < -0.3 is 16.0 Å². The summed E-state index contributed by atoms with van der Waals surface area (Å²) in [6.45, 7) is 8.37. The molecule has 2 rings (SSSR count). The van der Waals surface area contributed by atoms with Crippen LogP contribution in [0.5, 0.6) is 0 Å². The molecular formula is C13H22N4. The molecule has 1 atom stereocenters. The van der Waals surface area contributed by atoms with E-state index in [1.807, 2.05) is 6.20 Å². The highest BCUT2D eigenvalue weighted by Gasteiger charge is 2.14. The normalized spacial score (nSPS) is 18.2. The molecule has 0 saturated carbocycles. The van der Waals surface area contributed by atoms with Crippen LogP contribution in [0.4, 0.5) is 5.82 Å². The molecule has 0 aliphatic carbocycles. The molecule has 1 aliphatic heterocycles. The van der Waals surface area contributed by atoms with Gasteiger partial charge in [0.2, 0.25) is 0 Å². The third kappa shape index (κ3) is 2.76. The molecule has 17 heavy (non-hydrogen) atoms. The maximum Gasteiger partial charge on any atom is 0.128 e. The number of aromatic nitrogens is 1. The first-order chi connectivity index (χ1) is 8.22. The molecule has 1 unspecified atom stereocenters. The fourth-order valence-electron chi connectivity index (χ4n) is 2.23. The summed E-state index contributed by atoms with van der Waals surface area (Å²) in [5.74, 6) is 1.08. The summed E-state index contributed by atoms with van der Waals surface area (Å²) in [5, 5.41) is 3.35. The van der Waals surface area contributed by atoms with Gasteiger partial charge in [-0.25, -0.2) is 4.98 Å². The Bertz CT molecular complexity index is 372. The molecule has 3 N–H and O–H groups in total. The molecule has 0 bridgehead atoms. The zero-order valence-corrected chi connectivity index (χ0v) is 10.7. The van der Waals surface area contributed by atoms with E-state index in [2.05, 4.69) is 35.1 Å². The number of piperazine rings is 1. The molecule has 0 aromatic carbocycles.